The average molecular weight is 218 g/mol. The number of allylic oxidation sites excluding steroid dienone is 2. The molecule has 0 atom stereocenters. The van der Waals surface area contributed by atoms with E-state index < -0.39 is 0 Å². The lowest BCUT2D eigenvalue weighted by molar-refractivity contribution is 0.349. The van der Waals surface area contributed by atoms with Gasteiger partial charge in [-0.3, -0.25) is 0 Å². The van der Waals surface area contributed by atoms with Crippen LogP contribution in [0.2, 0.25) is 0 Å². The molecular weight excluding hydrogens is 198 g/mol. The molecule has 2 aliphatic heterocycles. The van der Waals surface area contributed by atoms with E-state index in [2.05, 4.69) is 15.2 Å². The third-order valence-electron chi connectivity index (χ3n) is 3.79. The smallest absolute Gasteiger partial charge is 0.130 e. The van der Waals surface area contributed by atoms with Crippen molar-refractivity contribution in [2.45, 2.75) is 44.9 Å². The van der Waals surface area contributed by atoms with Gasteiger partial charge in [-0.2, -0.15) is 0 Å². The van der Waals surface area contributed by atoms with E-state index in [4.69, 9.17) is 0 Å². The third kappa shape index (κ3) is 2.14. The minimum absolute atomic E-state index is 1.05. The van der Waals surface area contributed by atoms with Gasteiger partial charge >= 0.3 is 0 Å². The van der Waals surface area contributed by atoms with E-state index in [0.29, 0.717) is 0 Å². The Morgan fingerprint density at radius 3 is 2.44 bits per heavy atom. The number of nitrogens with zero attached hydrogens (tertiary/aromatic N) is 3. The first-order valence-electron chi connectivity index (χ1n) is 6.65. The van der Waals surface area contributed by atoms with Crippen molar-refractivity contribution in [3.63, 3.8) is 0 Å². The summed E-state index contributed by atoms with van der Waals surface area (Å²) in [5, 5.41) is 4.67. The molecule has 0 bridgehead atoms. The van der Waals surface area contributed by atoms with Gasteiger partial charge in [-0.25, -0.2) is 10.3 Å². The summed E-state index contributed by atoms with van der Waals surface area (Å²) in [6.07, 6.45) is 8.72. The predicted molar refractivity (Wildman–Crippen MR) is 65.4 cm³/mol. The topological polar surface area (TPSA) is 29.7 Å². The molecule has 0 aromatic rings. The highest BCUT2D eigenvalue weighted by Gasteiger charge is 2.22. The summed E-state index contributed by atoms with van der Waals surface area (Å²) in [6.45, 7) is 3.71. The van der Waals surface area contributed by atoms with Crippen molar-refractivity contribution >= 4 is 5.84 Å². The van der Waals surface area contributed by atoms with Crippen molar-refractivity contribution in [2.24, 2.45) is 4.99 Å². The highest BCUT2D eigenvalue weighted by atomic mass is 15.1. The average Bonchev–Trinajstić information content (AvgIpc) is 2.95. The van der Waals surface area contributed by atoms with Gasteiger partial charge in [0.15, 0.2) is 0 Å². The van der Waals surface area contributed by atoms with E-state index in [1.54, 1.807) is 0 Å². The van der Waals surface area contributed by atoms with Crippen LogP contribution in [0, 0.1) is 0 Å². The van der Waals surface area contributed by atoms with E-state index in [9.17, 15) is 0 Å². The SMILES string of the molecule is C1CCC2=C(C1)[N]C(CCN1CCCC1)=N2. The molecule has 1 radical (unpaired) electrons. The lowest BCUT2D eigenvalue weighted by Crippen LogP contribution is -2.24. The van der Waals surface area contributed by atoms with E-state index >= 15 is 0 Å². The Hall–Kier alpha value is -0.830. The molecule has 87 valence electrons. The molecule has 16 heavy (non-hydrogen) atoms. The summed E-state index contributed by atoms with van der Waals surface area (Å²) in [4.78, 5) is 7.21. The minimum atomic E-state index is 1.05. The minimum Gasteiger partial charge on any atom is -0.303 e. The molecule has 1 fully saturated rings. The van der Waals surface area contributed by atoms with Gasteiger partial charge in [0.25, 0.3) is 0 Å². The van der Waals surface area contributed by atoms with Gasteiger partial charge in [0, 0.05) is 13.0 Å². The lowest BCUT2D eigenvalue weighted by Gasteiger charge is -2.13. The Morgan fingerprint density at radius 1 is 0.938 bits per heavy atom. The molecule has 2 heterocycles. The van der Waals surface area contributed by atoms with Crippen LogP contribution in [0.4, 0.5) is 0 Å². The van der Waals surface area contributed by atoms with Crippen LogP contribution in [0.3, 0.4) is 0 Å². The van der Waals surface area contributed by atoms with Crippen LogP contribution < -0.4 is 5.32 Å². The van der Waals surface area contributed by atoms with Crippen LogP contribution >= 0.6 is 0 Å². The van der Waals surface area contributed by atoms with E-state index in [1.807, 2.05) is 0 Å². The second-order valence-electron chi connectivity index (χ2n) is 5.04. The van der Waals surface area contributed by atoms with Crippen LogP contribution in [0.15, 0.2) is 16.4 Å². The Morgan fingerprint density at radius 2 is 1.69 bits per heavy atom. The zero-order chi connectivity index (χ0) is 10.8. The third-order valence-corrected chi connectivity index (χ3v) is 3.79. The first kappa shape index (κ1) is 10.3. The molecule has 0 spiro atoms. The molecule has 3 rings (SSSR count). The summed E-state index contributed by atoms with van der Waals surface area (Å²) < 4.78 is 0. The van der Waals surface area contributed by atoms with Crippen LogP contribution in [0.25, 0.3) is 0 Å². The molecule has 0 N–H and O–H groups in total. The Bertz CT molecular complexity index is 324. The summed E-state index contributed by atoms with van der Waals surface area (Å²) in [5.41, 5.74) is 2.59. The highest BCUT2D eigenvalue weighted by molar-refractivity contribution is 5.87. The normalized spacial score (nSPS) is 25.6. The molecule has 0 saturated carbocycles. The van der Waals surface area contributed by atoms with Gasteiger partial charge in [0.2, 0.25) is 0 Å². The van der Waals surface area contributed by atoms with E-state index in [-0.39, 0.29) is 0 Å². The van der Waals surface area contributed by atoms with Crippen molar-refractivity contribution < 1.29 is 0 Å². The largest absolute Gasteiger partial charge is 0.303 e. The highest BCUT2D eigenvalue weighted by Crippen LogP contribution is 2.28. The van der Waals surface area contributed by atoms with E-state index in [1.165, 1.54) is 50.2 Å². The van der Waals surface area contributed by atoms with Crippen molar-refractivity contribution in [1.29, 1.82) is 0 Å². The number of hydrogen-bond donors (Lipinski definition) is 0. The molecule has 0 aromatic heterocycles. The van der Waals surface area contributed by atoms with Crippen LogP contribution in [0.1, 0.15) is 44.9 Å². The lowest BCUT2D eigenvalue weighted by atomic mass is 10.0. The number of aliphatic imine (C=N–C) groups is 1. The number of likely N-dealkylation sites (tertiary alicyclic amines) is 1. The van der Waals surface area contributed by atoms with Crippen molar-refractivity contribution in [1.82, 2.24) is 10.2 Å². The molecule has 0 unspecified atom stereocenters. The fourth-order valence-corrected chi connectivity index (χ4v) is 2.83. The van der Waals surface area contributed by atoms with Gasteiger partial charge in [-0.1, -0.05) is 0 Å². The zero-order valence-electron chi connectivity index (χ0n) is 9.91. The second kappa shape index (κ2) is 4.58. The fraction of sp³-hybridized carbons (Fsp3) is 0.769. The molecule has 3 heteroatoms. The molecule has 3 nitrogen and oxygen atoms in total. The fourth-order valence-electron chi connectivity index (χ4n) is 2.83. The van der Waals surface area contributed by atoms with E-state index in [0.717, 1.165) is 31.6 Å². The van der Waals surface area contributed by atoms with Crippen molar-refractivity contribution in [3.05, 3.63) is 11.4 Å². The van der Waals surface area contributed by atoms with Gasteiger partial charge in [0.1, 0.15) is 5.84 Å². The Labute approximate surface area is 97.6 Å². The van der Waals surface area contributed by atoms with Crippen LogP contribution in [-0.4, -0.2) is 30.4 Å². The van der Waals surface area contributed by atoms with Crippen LogP contribution in [-0.2, 0) is 0 Å². The number of amidine groups is 1. The molecular formula is C13H20N3. The molecule has 0 aromatic carbocycles. The van der Waals surface area contributed by atoms with Crippen LogP contribution in [0.5, 0.6) is 0 Å². The monoisotopic (exact) mass is 218 g/mol. The summed E-state index contributed by atoms with van der Waals surface area (Å²) in [6, 6.07) is 0. The Kier molecular flexibility index (Phi) is 2.96. The summed E-state index contributed by atoms with van der Waals surface area (Å²) in [5.74, 6) is 1.10. The standard InChI is InChI=1S/C13H20N3/c1-2-6-12-11(5-1)14-13(15-12)7-10-16-8-3-4-9-16/h1-10H2. The number of hydrogen-bond acceptors (Lipinski definition) is 2. The Balaban J connectivity index is 1.50. The van der Waals surface area contributed by atoms with Crippen molar-refractivity contribution in [3.8, 4) is 0 Å². The van der Waals surface area contributed by atoms with Gasteiger partial charge < -0.3 is 4.90 Å². The predicted octanol–water partition coefficient (Wildman–Crippen LogP) is 2.27. The summed E-state index contributed by atoms with van der Waals surface area (Å²) >= 11 is 0. The van der Waals surface area contributed by atoms with Gasteiger partial charge in [-0.05, 0) is 51.6 Å². The maximum Gasteiger partial charge on any atom is 0.130 e. The maximum atomic E-state index is 4.67. The second-order valence-corrected chi connectivity index (χ2v) is 5.04. The molecule has 1 aliphatic carbocycles. The maximum absolute atomic E-state index is 4.67. The first-order chi connectivity index (χ1) is 7.92. The molecule has 1 saturated heterocycles. The summed E-state index contributed by atoms with van der Waals surface area (Å²) in [7, 11) is 0. The first-order valence-corrected chi connectivity index (χ1v) is 6.65. The van der Waals surface area contributed by atoms with Gasteiger partial charge in [-0.15, -0.1) is 0 Å². The molecule has 3 aliphatic rings. The molecule has 0 amide bonds. The zero-order valence-corrected chi connectivity index (χ0v) is 9.91. The van der Waals surface area contributed by atoms with Crippen molar-refractivity contribution in [2.75, 3.05) is 19.6 Å². The number of rotatable bonds is 3. The van der Waals surface area contributed by atoms with Gasteiger partial charge in [0.05, 0.1) is 11.4 Å². The quantitative estimate of drug-likeness (QED) is 0.714.